The molecule has 2 atom stereocenters. The fourth-order valence-electron chi connectivity index (χ4n) is 1.70. The molecule has 2 amide bonds. The maximum atomic E-state index is 11.7. The van der Waals surface area contributed by atoms with Crippen molar-refractivity contribution in [2.24, 2.45) is 5.92 Å². The van der Waals surface area contributed by atoms with E-state index < -0.39 is 18.0 Å². The molecule has 6 nitrogen and oxygen atoms in total. The van der Waals surface area contributed by atoms with Crippen molar-refractivity contribution >= 4 is 12.0 Å². The Bertz CT molecular complexity index is 414. The first-order valence-electron chi connectivity index (χ1n) is 6.22. The normalized spacial score (nSPS) is 13.9. The summed E-state index contributed by atoms with van der Waals surface area (Å²) in [5.41, 5.74) is 0. The van der Waals surface area contributed by atoms with Crippen LogP contribution in [0.2, 0.25) is 0 Å². The molecule has 0 saturated heterocycles. The van der Waals surface area contributed by atoms with Crippen LogP contribution in [0.25, 0.3) is 0 Å². The zero-order valence-electron chi connectivity index (χ0n) is 11.3. The van der Waals surface area contributed by atoms with Crippen LogP contribution in [-0.4, -0.2) is 29.2 Å². The first-order valence-corrected chi connectivity index (χ1v) is 6.22. The van der Waals surface area contributed by atoms with Gasteiger partial charge < -0.3 is 20.2 Å². The zero-order valence-corrected chi connectivity index (χ0v) is 11.3. The maximum Gasteiger partial charge on any atom is 0.326 e. The third-order valence-electron chi connectivity index (χ3n) is 2.68. The van der Waals surface area contributed by atoms with Gasteiger partial charge >= 0.3 is 12.0 Å². The van der Waals surface area contributed by atoms with Crippen LogP contribution in [-0.2, 0) is 11.2 Å². The van der Waals surface area contributed by atoms with Crippen molar-refractivity contribution in [3.8, 4) is 0 Å². The van der Waals surface area contributed by atoms with E-state index in [2.05, 4.69) is 10.6 Å². The average Bonchev–Trinajstić information content (AvgIpc) is 2.77. The second-order valence-electron chi connectivity index (χ2n) is 4.86. The highest BCUT2D eigenvalue weighted by atomic mass is 16.4. The minimum atomic E-state index is -1.04. The van der Waals surface area contributed by atoms with Crippen LogP contribution in [0, 0.1) is 5.92 Å². The van der Waals surface area contributed by atoms with Crippen molar-refractivity contribution in [2.75, 3.05) is 0 Å². The van der Waals surface area contributed by atoms with E-state index in [1.807, 2.05) is 13.0 Å². The molecule has 1 aromatic rings. The van der Waals surface area contributed by atoms with Crippen molar-refractivity contribution in [3.63, 3.8) is 0 Å². The number of carbonyl (C=O) groups excluding carboxylic acids is 1. The molecule has 1 rings (SSSR count). The molecule has 106 valence electrons. The van der Waals surface area contributed by atoms with Crippen LogP contribution in [0.3, 0.4) is 0 Å². The van der Waals surface area contributed by atoms with Gasteiger partial charge in [-0.2, -0.15) is 0 Å². The molecule has 6 heteroatoms. The third-order valence-corrected chi connectivity index (χ3v) is 2.68. The van der Waals surface area contributed by atoms with Crippen LogP contribution in [0.1, 0.15) is 26.5 Å². The molecule has 0 saturated carbocycles. The summed E-state index contributed by atoms with van der Waals surface area (Å²) in [7, 11) is 0. The van der Waals surface area contributed by atoms with Gasteiger partial charge in [-0.1, -0.05) is 13.8 Å². The Morgan fingerprint density at radius 2 is 2.00 bits per heavy atom. The van der Waals surface area contributed by atoms with Crippen LogP contribution in [0.5, 0.6) is 0 Å². The predicted molar refractivity (Wildman–Crippen MR) is 69.8 cm³/mol. The number of urea groups is 1. The van der Waals surface area contributed by atoms with Gasteiger partial charge in [0, 0.05) is 12.5 Å². The van der Waals surface area contributed by atoms with Crippen molar-refractivity contribution in [2.45, 2.75) is 39.3 Å². The second kappa shape index (κ2) is 6.82. The number of rotatable bonds is 6. The van der Waals surface area contributed by atoms with Crippen molar-refractivity contribution in [3.05, 3.63) is 24.2 Å². The number of nitrogens with one attached hydrogen (secondary N) is 2. The Labute approximate surface area is 112 Å². The summed E-state index contributed by atoms with van der Waals surface area (Å²) in [6.07, 6.45) is 2.13. The minimum Gasteiger partial charge on any atom is -0.480 e. The van der Waals surface area contributed by atoms with Gasteiger partial charge in [0.2, 0.25) is 0 Å². The van der Waals surface area contributed by atoms with Gasteiger partial charge in [0.25, 0.3) is 0 Å². The number of amides is 2. The molecule has 2 unspecified atom stereocenters. The minimum absolute atomic E-state index is 0.146. The molecule has 3 N–H and O–H groups in total. The lowest BCUT2D eigenvalue weighted by Gasteiger charge is -2.20. The average molecular weight is 268 g/mol. The highest BCUT2D eigenvalue weighted by molar-refractivity contribution is 5.82. The fourth-order valence-corrected chi connectivity index (χ4v) is 1.70. The lowest BCUT2D eigenvalue weighted by Crippen LogP contribution is -2.50. The van der Waals surface area contributed by atoms with E-state index in [1.54, 1.807) is 26.2 Å². The van der Waals surface area contributed by atoms with Crippen molar-refractivity contribution < 1.29 is 19.1 Å². The summed E-state index contributed by atoms with van der Waals surface area (Å²) in [5.74, 6) is -0.445. The van der Waals surface area contributed by atoms with E-state index in [4.69, 9.17) is 9.52 Å². The van der Waals surface area contributed by atoms with Crippen molar-refractivity contribution in [1.82, 2.24) is 10.6 Å². The molecule has 0 aliphatic heterocycles. The van der Waals surface area contributed by atoms with Gasteiger partial charge in [0.1, 0.15) is 11.8 Å². The number of hydrogen-bond acceptors (Lipinski definition) is 3. The molecule has 0 aromatic carbocycles. The molecule has 0 aliphatic rings. The number of carboxylic acid groups (broad SMARTS) is 1. The highest BCUT2D eigenvalue weighted by Gasteiger charge is 2.23. The van der Waals surface area contributed by atoms with Crippen LogP contribution >= 0.6 is 0 Å². The smallest absolute Gasteiger partial charge is 0.326 e. The molecular weight excluding hydrogens is 248 g/mol. The lowest BCUT2D eigenvalue weighted by molar-refractivity contribution is -0.140. The van der Waals surface area contributed by atoms with Crippen LogP contribution in [0.4, 0.5) is 4.79 Å². The standard InChI is InChI=1S/C13H20N2O4/c1-8(2)11(12(16)17)15-13(18)14-9(3)7-10-5-4-6-19-10/h4-6,8-9,11H,7H2,1-3H3,(H,16,17)(H2,14,15,18). The molecule has 0 radical (unpaired) electrons. The monoisotopic (exact) mass is 268 g/mol. The first kappa shape index (κ1) is 15.1. The van der Waals surface area contributed by atoms with E-state index in [0.29, 0.717) is 6.42 Å². The van der Waals surface area contributed by atoms with Crippen LogP contribution in [0.15, 0.2) is 22.8 Å². The SMILES string of the molecule is CC(Cc1ccco1)NC(=O)NC(C(=O)O)C(C)C. The summed E-state index contributed by atoms with van der Waals surface area (Å²) in [4.78, 5) is 22.6. The number of carbonyl (C=O) groups is 2. The number of furan rings is 1. The van der Waals surface area contributed by atoms with Gasteiger partial charge in [-0.25, -0.2) is 9.59 Å². The van der Waals surface area contributed by atoms with Gasteiger partial charge in [-0.3, -0.25) is 0 Å². The zero-order chi connectivity index (χ0) is 14.4. The summed E-state index contributed by atoms with van der Waals surface area (Å²) in [6.45, 7) is 5.31. The lowest BCUT2D eigenvalue weighted by atomic mass is 10.1. The van der Waals surface area contributed by atoms with E-state index in [-0.39, 0.29) is 12.0 Å². The Morgan fingerprint density at radius 3 is 2.47 bits per heavy atom. The highest BCUT2D eigenvalue weighted by Crippen LogP contribution is 2.04. The molecular formula is C13H20N2O4. The number of hydrogen-bond donors (Lipinski definition) is 3. The predicted octanol–water partition coefficient (Wildman–Crippen LogP) is 1.62. The van der Waals surface area contributed by atoms with Gasteiger partial charge in [0.15, 0.2) is 0 Å². The largest absolute Gasteiger partial charge is 0.480 e. The van der Waals surface area contributed by atoms with Gasteiger partial charge in [-0.15, -0.1) is 0 Å². The quantitative estimate of drug-likeness (QED) is 0.731. The summed E-state index contributed by atoms with van der Waals surface area (Å²) in [5, 5.41) is 14.1. The van der Waals surface area contributed by atoms with E-state index in [0.717, 1.165) is 5.76 Å². The Hall–Kier alpha value is -1.98. The van der Waals surface area contributed by atoms with E-state index >= 15 is 0 Å². The molecule has 0 fully saturated rings. The Morgan fingerprint density at radius 1 is 1.32 bits per heavy atom. The van der Waals surface area contributed by atoms with Crippen molar-refractivity contribution in [1.29, 1.82) is 0 Å². The summed E-state index contributed by atoms with van der Waals surface area (Å²) in [6, 6.07) is 2.08. The van der Waals surface area contributed by atoms with E-state index in [1.165, 1.54) is 0 Å². The first-order chi connectivity index (χ1) is 8.90. The number of aliphatic carboxylic acids is 1. The third kappa shape index (κ3) is 5.03. The molecule has 1 aromatic heterocycles. The second-order valence-corrected chi connectivity index (χ2v) is 4.86. The maximum absolute atomic E-state index is 11.7. The van der Waals surface area contributed by atoms with Gasteiger partial charge in [-0.05, 0) is 25.0 Å². The molecule has 1 heterocycles. The Balaban J connectivity index is 2.43. The molecule has 0 aliphatic carbocycles. The van der Waals surface area contributed by atoms with Gasteiger partial charge in [0.05, 0.1) is 6.26 Å². The fraction of sp³-hybridized carbons (Fsp3) is 0.538. The van der Waals surface area contributed by atoms with Crippen LogP contribution < -0.4 is 10.6 Å². The summed E-state index contributed by atoms with van der Waals surface area (Å²) >= 11 is 0. The molecule has 19 heavy (non-hydrogen) atoms. The Kier molecular flexibility index (Phi) is 5.41. The van der Waals surface area contributed by atoms with E-state index in [9.17, 15) is 9.59 Å². The molecule has 0 spiro atoms. The molecule has 0 bridgehead atoms. The number of carboxylic acids is 1. The topological polar surface area (TPSA) is 91.6 Å². The summed E-state index contributed by atoms with van der Waals surface area (Å²) < 4.78 is 5.18.